The number of guanidine groups is 1. The third-order valence-corrected chi connectivity index (χ3v) is 1.08. The van der Waals surface area contributed by atoms with Gasteiger partial charge in [-0.2, -0.15) is 5.26 Å². The van der Waals surface area contributed by atoms with Gasteiger partial charge in [-0.05, 0) is 0 Å². The molecule has 0 heterocycles. The van der Waals surface area contributed by atoms with Gasteiger partial charge in [0.15, 0.2) is 0 Å². The fourth-order valence-corrected chi connectivity index (χ4v) is 0.431. The zero-order valence-electron chi connectivity index (χ0n) is 5.91. The highest BCUT2D eigenvalue weighted by Crippen LogP contribution is 1.83. The summed E-state index contributed by atoms with van der Waals surface area (Å²) in [6.07, 6.45) is 0.423. The van der Waals surface area contributed by atoms with Crippen molar-refractivity contribution >= 4 is 5.96 Å². The van der Waals surface area contributed by atoms with Crippen molar-refractivity contribution in [3.63, 3.8) is 0 Å². The van der Waals surface area contributed by atoms with E-state index in [1.807, 2.05) is 6.07 Å². The van der Waals surface area contributed by atoms with Gasteiger partial charge in [0.25, 0.3) is 0 Å². The molecule has 0 unspecified atom stereocenters. The molecule has 0 aliphatic carbocycles. The van der Waals surface area contributed by atoms with Gasteiger partial charge in [0, 0.05) is 13.6 Å². The number of nitrogens with two attached hydrogens (primary N) is 2. The van der Waals surface area contributed by atoms with Crippen LogP contribution in [0.1, 0.15) is 6.42 Å². The Bertz CT molecular complexity index is 156. The molecular weight excluding hydrogens is 130 g/mol. The van der Waals surface area contributed by atoms with Gasteiger partial charge in [-0.25, -0.2) is 0 Å². The SMILES string of the molecule is CN(CCC#N)/C(N)=N/N. The third-order valence-electron chi connectivity index (χ3n) is 1.08. The second-order valence-electron chi connectivity index (χ2n) is 1.82. The summed E-state index contributed by atoms with van der Waals surface area (Å²) in [5, 5.41) is 11.4. The molecule has 0 bridgehead atoms. The van der Waals surface area contributed by atoms with Gasteiger partial charge in [-0.1, -0.05) is 0 Å². The van der Waals surface area contributed by atoms with E-state index >= 15 is 0 Å². The number of hydrogen-bond acceptors (Lipinski definition) is 3. The van der Waals surface area contributed by atoms with E-state index in [4.69, 9.17) is 16.8 Å². The van der Waals surface area contributed by atoms with Crippen molar-refractivity contribution in [3.8, 4) is 6.07 Å². The fraction of sp³-hybridized carbons (Fsp3) is 0.600. The number of nitriles is 1. The van der Waals surface area contributed by atoms with E-state index in [0.29, 0.717) is 13.0 Å². The lowest BCUT2D eigenvalue weighted by molar-refractivity contribution is 0.508. The molecule has 0 aromatic carbocycles. The molecule has 0 saturated carbocycles. The molecule has 0 saturated heterocycles. The first-order valence-electron chi connectivity index (χ1n) is 2.83. The van der Waals surface area contributed by atoms with Gasteiger partial charge in [0.05, 0.1) is 12.5 Å². The summed E-state index contributed by atoms with van der Waals surface area (Å²) in [4.78, 5) is 1.61. The summed E-state index contributed by atoms with van der Waals surface area (Å²) in [6, 6.07) is 1.98. The van der Waals surface area contributed by atoms with Crippen LogP contribution < -0.4 is 11.6 Å². The molecule has 0 aliphatic rings. The molecule has 0 radical (unpaired) electrons. The number of hydrazone groups is 1. The van der Waals surface area contributed by atoms with Crippen LogP contribution in [0.5, 0.6) is 0 Å². The maximum atomic E-state index is 8.18. The lowest BCUT2D eigenvalue weighted by Crippen LogP contribution is -2.35. The highest BCUT2D eigenvalue weighted by Gasteiger charge is 1.98. The van der Waals surface area contributed by atoms with Gasteiger partial charge < -0.3 is 16.5 Å². The molecule has 0 rings (SSSR count). The van der Waals surface area contributed by atoms with Crippen LogP contribution in [-0.4, -0.2) is 24.5 Å². The molecule has 0 atom stereocenters. The summed E-state index contributed by atoms with van der Waals surface area (Å²) >= 11 is 0. The van der Waals surface area contributed by atoms with Crippen LogP contribution in [0, 0.1) is 11.3 Å². The van der Waals surface area contributed by atoms with Crippen molar-refractivity contribution in [2.75, 3.05) is 13.6 Å². The molecule has 5 heteroatoms. The first-order valence-corrected chi connectivity index (χ1v) is 2.83. The number of rotatable bonds is 2. The van der Waals surface area contributed by atoms with E-state index < -0.39 is 0 Å². The van der Waals surface area contributed by atoms with E-state index in [1.54, 1.807) is 11.9 Å². The van der Waals surface area contributed by atoms with E-state index in [9.17, 15) is 0 Å². The minimum absolute atomic E-state index is 0.246. The van der Waals surface area contributed by atoms with Crippen LogP contribution in [0.15, 0.2) is 5.10 Å². The number of nitrogens with zero attached hydrogens (tertiary/aromatic N) is 3. The summed E-state index contributed by atoms with van der Waals surface area (Å²) < 4.78 is 0. The Labute approximate surface area is 59.9 Å². The predicted molar refractivity (Wildman–Crippen MR) is 38.7 cm³/mol. The van der Waals surface area contributed by atoms with Crippen molar-refractivity contribution in [1.29, 1.82) is 5.26 Å². The molecule has 0 aromatic heterocycles. The molecule has 0 fully saturated rings. The van der Waals surface area contributed by atoms with Gasteiger partial charge in [0.1, 0.15) is 0 Å². The van der Waals surface area contributed by atoms with Gasteiger partial charge in [-0.3, -0.25) is 0 Å². The molecule has 5 nitrogen and oxygen atoms in total. The average molecular weight is 141 g/mol. The maximum Gasteiger partial charge on any atom is 0.213 e. The van der Waals surface area contributed by atoms with Crippen LogP contribution in [-0.2, 0) is 0 Å². The predicted octanol–water partition coefficient (Wildman–Crippen LogP) is -0.980. The summed E-state index contributed by atoms with van der Waals surface area (Å²) in [6.45, 7) is 0.559. The van der Waals surface area contributed by atoms with E-state index in [-0.39, 0.29) is 5.96 Å². The summed E-state index contributed by atoms with van der Waals surface area (Å²) in [7, 11) is 1.73. The Morgan fingerprint density at radius 1 is 1.80 bits per heavy atom. The molecule has 4 N–H and O–H groups in total. The average Bonchev–Trinajstić information content (AvgIpc) is 1.98. The molecular formula is C5H11N5. The Hall–Kier alpha value is -1.44. The summed E-state index contributed by atoms with van der Waals surface area (Å²) in [5.74, 6) is 5.13. The first-order chi connectivity index (χ1) is 4.72. The lowest BCUT2D eigenvalue weighted by Gasteiger charge is -2.14. The third kappa shape index (κ3) is 2.77. The minimum atomic E-state index is 0.246. The van der Waals surface area contributed by atoms with Crippen LogP contribution in [0.4, 0.5) is 0 Å². The number of hydrogen-bond donors (Lipinski definition) is 2. The molecule has 0 aromatic rings. The van der Waals surface area contributed by atoms with Crippen molar-refractivity contribution in [1.82, 2.24) is 4.90 Å². The molecule has 56 valence electrons. The van der Waals surface area contributed by atoms with Crippen molar-refractivity contribution in [2.24, 2.45) is 16.7 Å². The quantitative estimate of drug-likeness (QED) is 0.224. The van der Waals surface area contributed by atoms with Crippen molar-refractivity contribution in [2.45, 2.75) is 6.42 Å². The minimum Gasteiger partial charge on any atom is -0.368 e. The summed E-state index contributed by atoms with van der Waals surface area (Å²) in [5.41, 5.74) is 5.30. The second-order valence-corrected chi connectivity index (χ2v) is 1.82. The van der Waals surface area contributed by atoms with Gasteiger partial charge in [0.2, 0.25) is 5.96 Å². The molecule has 0 spiro atoms. The molecule has 0 aliphatic heterocycles. The highest BCUT2D eigenvalue weighted by molar-refractivity contribution is 5.77. The Morgan fingerprint density at radius 2 is 2.40 bits per heavy atom. The van der Waals surface area contributed by atoms with Crippen molar-refractivity contribution in [3.05, 3.63) is 0 Å². The van der Waals surface area contributed by atoms with E-state index in [0.717, 1.165) is 0 Å². The highest BCUT2D eigenvalue weighted by atomic mass is 15.3. The first kappa shape index (κ1) is 8.56. The maximum absolute atomic E-state index is 8.18. The van der Waals surface area contributed by atoms with E-state index in [1.165, 1.54) is 0 Å². The van der Waals surface area contributed by atoms with Crippen LogP contribution >= 0.6 is 0 Å². The monoisotopic (exact) mass is 141 g/mol. The molecule has 0 amide bonds. The largest absolute Gasteiger partial charge is 0.368 e. The van der Waals surface area contributed by atoms with Crippen LogP contribution in [0.25, 0.3) is 0 Å². The standard InChI is InChI=1S/C5H11N5/c1-10(4-2-3-6)5(7)9-8/h2,4,8H2,1H3,(H2,7,9). The Morgan fingerprint density at radius 3 is 2.80 bits per heavy atom. The second kappa shape index (κ2) is 4.44. The van der Waals surface area contributed by atoms with Gasteiger partial charge in [-0.15, -0.1) is 5.10 Å². The Kier molecular flexibility index (Phi) is 3.80. The zero-order chi connectivity index (χ0) is 7.98. The Balaban J connectivity index is 3.64. The lowest BCUT2D eigenvalue weighted by atomic mass is 10.4. The van der Waals surface area contributed by atoms with Crippen molar-refractivity contribution < 1.29 is 0 Å². The smallest absolute Gasteiger partial charge is 0.213 e. The van der Waals surface area contributed by atoms with E-state index in [2.05, 4.69) is 5.10 Å². The van der Waals surface area contributed by atoms with Crippen LogP contribution in [0.3, 0.4) is 0 Å². The fourth-order valence-electron chi connectivity index (χ4n) is 0.431. The normalized spacial score (nSPS) is 10.6. The van der Waals surface area contributed by atoms with Gasteiger partial charge >= 0.3 is 0 Å². The zero-order valence-corrected chi connectivity index (χ0v) is 5.91. The van der Waals surface area contributed by atoms with Crippen LogP contribution in [0.2, 0.25) is 0 Å². The topological polar surface area (TPSA) is 91.4 Å². The molecule has 10 heavy (non-hydrogen) atoms.